The molecule has 2 heterocycles. The molecule has 0 unspecified atom stereocenters. The summed E-state index contributed by atoms with van der Waals surface area (Å²) in [6.07, 6.45) is 3.84. The van der Waals surface area contributed by atoms with Gasteiger partial charge in [-0.2, -0.15) is 0 Å². The van der Waals surface area contributed by atoms with Gasteiger partial charge in [-0.15, -0.1) is 0 Å². The Bertz CT molecular complexity index is 770. The van der Waals surface area contributed by atoms with Crippen molar-refractivity contribution in [1.82, 2.24) is 9.97 Å². The van der Waals surface area contributed by atoms with E-state index in [4.69, 9.17) is 9.47 Å². The number of aryl methyl sites for hydroxylation is 1. The van der Waals surface area contributed by atoms with E-state index in [2.05, 4.69) is 15.3 Å². The largest absolute Gasteiger partial charge is 0.486 e. The van der Waals surface area contributed by atoms with Crippen LogP contribution in [-0.4, -0.2) is 23.2 Å². The number of rotatable bonds is 2. The monoisotopic (exact) mass is 299 g/mol. The van der Waals surface area contributed by atoms with Crippen molar-refractivity contribution in [2.45, 2.75) is 25.7 Å². The minimum atomic E-state index is -0.0373. The van der Waals surface area contributed by atoms with Crippen LogP contribution in [0.2, 0.25) is 0 Å². The predicted octanol–water partition coefficient (Wildman–Crippen LogP) is 2.16. The third kappa shape index (κ3) is 2.41. The van der Waals surface area contributed by atoms with Gasteiger partial charge in [-0.3, -0.25) is 9.78 Å². The third-order valence-corrected chi connectivity index (χ3v) is 4.00. The SMILES string of the molecule is O=c1[nH]c(Nc2ccc3c(c2)OCCO3)nc2c1CCCC2. The fourth-order valence-corrected chi connectivity index (χ4v) is 2.92. The normalized spacial score (nSPS) is 16.0. The molecule has 22 heavy (non-hydrogen) atoms. The number of aromatic nitrogens is 2. The van der Waals surface area contributed by atoms with Crippen molar-refractivity contribution in [2.24, 2.45) is 0 Å². The molecule has 0 saturated carbocycles. The Morgan fingerprint density at radius 1 is 1.09 bits per heavy atom. The van der Waals surface area contributed by atoms with E-state index in [-0.39, 0.29) is 5.56 Å². The standard InChI is InChI=1S/C16H17N3O3/c20-15-11-3-1-2-4-12(11)18-16(19-15)17-10-5-6-13-14(9-10)22-8-7-21-13/h5-6,9H,1-4,7-8H2,(H2,17,18,19,20). The van der Waals surface area contributed by atoms with Crippen LogP contribution in [0.1, 0.15) is 24.1 Å². The molecule has 114 valence electrons. The highest BCUT2D eigenvalue weighted by atomic mass is 16.6. The van der Waals surface area contributed by atoms with Crippen molar-refractivity contribution in [3.63, 3.8) is 0 Å². The van der Waals surface area contributed by atoms with Crippen molar-refractivity contribution in [3.05, 3.63) is 39.8 Å². The van der Waals surface area contributed by atoms with Gasteiger partial charge in [0, 0.05) is 17.3 Å². The number of ether oxygens (including phenoxy) is 2. The number of nitrogens with one attached hydrogen (secondary N) is 2. The summed E-state index contributed by atoms with van der Waals surface area (Å²) in [6, 6.07) is 5.59. The molecular formula is C16H17N3O3. The first kappa shape index (κ1) is 13.2. The van der Waals surface area contributed by atoms with Crippen molar-refractivity contribution < 1.29 is 9.47 Å². The lowest BCUT2D eigenvalue weighted by atomic mass is 9.97. The molecule has 6 nitrogen and oxygen atoms in total. The smallest absolute Gasteiger partial charge is 0.255 e. The number of anilines is 2. The van der Waals surface area contributed by atoms with Gasteiger partial charge in [0.1, 0.15) is 13.2 Å². The first-order chi connectivity index (χ1) is 10.8. The molecule has 2 aromatic rings. The maximum Gasteiger partial charge on any atom is 0.255 e. The van der Waals surface area contributed by atoms with Gasteiger partial charge in [0.25, 0.3) is 5.56 Å². The number of aromatic amines is 1. The average molecular weight is 299 g/mol. The van der Waals surface area contributed by atoms with Crippen LogP contribution in [0.25, 0.3) is 0 Å². The maximum atomic E-state index is 12.1. The van der Waals surface area contributed by atoms with Gasteiger partial charge in [-0.05, 0) is 37.8 Å². The molecule has 6 heteroatoms. The van der Waals surface area contributed by atoms with E-state index in [9.17, 15) is 4.79 Å². The zero-order valence-corrected chi connectivity index (χ0v) is 12.1. The summed E-state index contributed by atoms with van der Waals surface area (Å²) in [7, 11) is 0. The Morgan fingerprint density at radius 2 is 1.91 bits per heavy atom. The fraction of sp³-hybridized carbons (Fsp3) is 0.375. The van der Waals surface area contributed by atoms with E-state index in [0.717, 1.165) is 48.4 Å². The summed E-state index contributed by atoms with van der Waals surface area (Å²) in [5, 5.41) is 3.14. The van der Waals surface area contributed by atoms with E-state index in [1.807, 2.05) is 18.2 Å². The lowest BCUT2D eigenvalue weighted by molar-refractivity contribution is 0.171. The van der Waals surface area contributed by atoms with Crippen molar-refractivity contribution in [1.29, 1.82) is 0 Å². The molecule has 4 rings (SSSR count). The molecule has 1 aliphatic carbocycles. The summed E-state index contributed by atoms with van der Waals surface area (Å²) < 4.78 is 11.1. The van der Waals surface area contributed by atoms with E-state index < -0.39 is 0 Å². The number of hydrogen-bond donors (Lipinski definition) is 2. The zero-order chi connectivity index (χ0) is 14.9. The summed E-state index contributed by atoms with van der Waals surface area (Å²) in [5.41, 5.74) is 2.52. The molecule has 0 saturated heterocycles. The topological polar surface area (TPSA) is 76.2 Å². The lowest BCUT2D eigenvalue weighted by Crippen LogP contribution is -2.22. The molecule has 0 spiro atoms. The lowest BCUT2D eigenvalue weighted by Gasteiger charge is -2.19. The highest BCUT2D eigenvalue weighted by Crippen LogP contribution is 2.33. The van der Waals surface area contributed by atoms with Gasteiger partial charge in [-0.25, -0.2) is 4.98 Å². The Hall–Kier alpha value is -2.50. The Kier molecular flexibility index (Phi) is 3.21. The minimum absolute atomic E-state index is 0.0373. The maximum absolute atomic E-state index is 12.1. The van der Waals surface area contributed by atoms with Crippen LogP contribution in [0.5, 0.6) is 11.5 Å². The summed E-state index contributed by atoms with van der Waals surface area (Å²) in [4.78, 5) is 19.5. The van der Waals surface area contributed by atoms with Crippen LogP contribution in [0.4, 0.5) is 11.6 Å². The van der Waals surface area contributed by atoms with Crippen molar-refractivity contribution in [2.75, 3.05) is 18.5 Å². The predicted molar refractivity (Wildman–Crippen MR) is 82.2 cm³/mol. The second-order valence-electron chi connectivity index (χ2n) is 5.53. The third-order valence-electron chi connectivity index (χ3n) is 4.00. The molecule has 0 amide bonds. The van der Waals surface area contributed by atoms with Gasteiger partial charge in [0.15, 0.2) is 11.5 Å². The van der Waals surface area contributed by atoms with Crippen molar-refractivity contribution in [3.8, 4) is 11.5 Å². The molecule has 0 atom stereocenters. The van der Waals surface area contributed by atoms with Crippen LogP contribution in [0.3, 0.4) is 0 Å². The second-order valence-corrected chi connectivity index (χ2v) is 5.53. The molecule has 0 fully saturated rings. The summed E-state index contributed by atoms with van der Waals surface area (Å²) in [5.74, 6) is 1.92. The van der Waals surface area contributed by atoms with Gasteiger partial charge < -0.3 is 14.8 Å². The average Bonchev–Trinajstić information content (AvgIpc) is 2.55. The van der Waals surface area contributed by atoms with Gasteiger partial charge in [0.2, 0.25) is 5.95 Å². The molecule has 0 radical (unpaired) electrons. The summed E-state index contributed by atoms with van der Waals surface area (Å²) >= 11 is 0. The van der Waals surface area contributed by atoms with Crippen LogP contribution in [-0.2, 0) is 12.8 Å². The Labute approximate surface area is 127 Å². The first-order valence-electron chi connectivity index (χ1n) is 7.58. The number of H-pyrrole nitrogens is 1. The van der Waals surface area contributed by atoms with Gasteiger partial charge in [-0.1, -0.05) is 0 Å². The van der Waals surface area contributed by atoms with Crippen LogP contribution in [0, 0.1) is 0 Å². The Morgan fingerprint density at radius 3 is 2.82 bits per heavy atom. The van der Waals surface area contributed by atoms with E-state index in [1.165, 1.54) is 0 Å². The zero-order valence-electron chi connectivity index (χ0n) is 12.1. The van der Waals surface area contributed by atoms with Crippen molar-refractivity contribution >= 4 is 11.6 Å². The number of hydrogen-bond acceptors (Lipinski definition) is 5. The number of nitrogens with zero attached hydrogens (tertiary/aromatic N) is 1. The molecule has 1 aliphatic heterocycles. The van der Waals surface area contributed by atoms with Gasteiger partial charge >= 0.3 is 0 Å². The minimum Gasteiger partial charge on any atom is -0.486 e. The van der Waals surface area contributed by atoms with E-state index in [1.54, 1.807) is 0 Å². The van der Waals surface area contributed by atoms with E-state index >= 15 is 0 Å². The molecule has 1 aromatic carbocycles. The van der Waals surface area contributed by atoms with Crippen LogP contribution in [0.15, 0.2) is 23.0 Å². The highest BCUT2D eigenvalue weighted by molar-refractivity contribution is 5.60. The fourth-order valence-electron chi connectivity index (χ4n) is 2.92. The van der Waals surface area contributed by atoms with E-state index in [0.29, 0.717) is 24.9 Å². The summed E-state index contributed by atoms with van der Waals surface area (Å²) in [6.45, 7) is 1.11. The molecule has 2 N–H and O–H groups in total. The van der Waals surface area contributed by atoms with Gasteiger partial charge in [0.05, 0.1) is 5.69 Å². The highest BCUT2D eigenvalue weighted by Gasteiger charge is 2.16. The number of benzene rings is 1. The van der Waals surface area contributed by atoms with Crippen LogP contribution < -0.4 is 20.3 Å². The number of fused-ring (bicyclic) bond motifs is 2. The first-order valence-corrected chi connectivity index (χ1v) is 7.58. The molecule has 2 aliphatic rings. The Balaban J connectivity index is 1.63. The molecule has 1 aromatic heterocycles. The van der Waals surface area contributed by atoms with Crippen LogP contribution >= 0.6 is 0 Å². The molecule has 0 bridgehead atoms. The molecular weight excluding hydrogens is 282 g/mol. The quantitative estimate of drug-likeness (QED) is 0.888. The second kappa shape index (κ2) is 5.36.